The summed E-state index contributed by atoms with van der Waals surface area (Å²) in [7, 11) is 3.17. The number of amides is 1. The highest BCUT2D eigenvalue weighted by Gasteiger charge is 2.18. The number of ether oxygens (including phenoxy) is 1. The molecule has 0 saturated carbocycles. The molecule has 2 N–H and O–H groups in total. The minimum absolute atomic E-state index is 0.174. The molecule has 0 aliphatic heterocycles. The first-order valence-electron chi connectivity index (χ1n) is 7.54. The fourth-order valence-electron chi connectivity index (χ4n) is 2.36. The summed E-state index contributed by atoms with van der Waals surface area (Å²) >= 11 is 11.8. The van der Waals surface area contributed by atoms with E-state index in [2.05, 4.69) is 5.32 Å². The number of likely N-dealkylation sites (N-methyl/N-ethyl adjacent to an activating group) is 1. The molecular weight excluding hydrogens is 367 g/mol. The van der Waals surface area contributed by atoms with Crippen LogP contribution in [0.2, 0.25) is 10.0 Å². The first kappa shape index (κ1) is 19.3. The van der Waals surface area contributed by atoms with Crippen LogP contribution in [0.25, 0.3) is 0 Å². The minimum Gasteiger partial charge on any atom is -0.465 e. The number of hydrogen-bond donors (Lipinski definition) is 2. The fraction of sp³-hybridized carbons (Fsp3) is 0.294. The van der Waals surface area contributed by atoms with E-state index in [-0.39, 0.29) is 12.5 Å². The molecule has 2 aromatic rings. The van der Waals surface area contributed by atoms with E-state index in [1.165, 1.54) is 7.11 Å². The second-order valence-corrected chi connectivity index (χ2v) is 6.48. The average Bonchev–Trinajstić information content (AvgIpc) is 2.90. The van der Waals surface area contributed by atoms with E-state index in [9.17, 15) is 9.59 Å². The summed E-state index contributed by atoms with van der Waals surface area (Å²) in [4.78, 5) is 24.6. The number of furan rings is 1. The molecule has 6 nitrogen and oxygen atoms in total. The number of esters is 1. The van der Waals surface area contributed by atoms with Crippen LogP contribution in [0.5, 0.6) is 0 Å². The molecule has 134 valence electrons. The highest BCUT2D eigenvalue weighted by atomic mass is 35.5. The monoisotopic (exact) mass is 385 g/mol. The smallest absolute Gasteiger partial charge is 0.341 e. The van der Waals surface area contributed by atoms with Crippen molar-refractivity contribution in [2.45, 2.75) is 13.5 Å². The van der Waals surface area contributed by atoms with Gasteiger partial charge in [0.2, 0.25) is 0 Å². The Labute approximate surface area is 155 Å². The zero-order valence-corrected chi connectivity index (χ0v) is 15.6. The van der Waals surface area contributed by atoms with Crippen LogP contribution in [-0.2, 0) is 16.1 Å². The van der Waals surface area contributed by atoms with Gasteiger partial charge in [0.1, 0.15) is 17.9 Å². The number of carbonyl (C=O) groups is 2. The van der Waals surface area contributed by atoms with Gasteiger partial charge in [-0.05, 0) is 25.1 Å². The third-order valence-corrected chi connectivity index (χ3v) is 4.25. The summed E-state index contributed by atoms with van der Waals surface area (Å²) in [5.41, 5.74) is 0.972. The first-order chi connectivity index (χ1) is 11.8. The van der Waals surface area contributed by atoms with Gasteiger partial charge < -0.3 is 19.4 Å². The van der Waals surface area contributed by atoms with Gasteiger partial charge in [-0.15, -0.1) is 0 Å². The number of anilines is 1. The molecule has 0 radical (unpaired) electrons. The van der Waals surface area contributed by atoms with Crippen molar-refractivity contribution < 1.29 is 23.6 Å². The minimum atomic E-state index is -0.442. The van der Waals surface area contributed by atoms with Crippen molar-refractivity contribution in [1.29, 1.82) is 0 Å². The molecule has 0 aliphatic rings. The van der Waals surface area contributed by atoms with E-state index in [4.69, 9.17) is 32.4 Å². The average molecular weight is 386 g/mol. The topological polar surface area (TPSA) is 73.0 Å². The number of carbonyl (C=O) groups excluding carboxylic acids is 2. The number of methoxy groups -OCH3 is 1. The second kappa shape index (κ2) is 8.38. The van der Waals surface area contributed by atoms with Crippen LogP contribution in [0.1, 0.15) is 21.9 Å². The number of benzene rings is 1. The third kappa shape index (κ3) is 5.22. The molecule has 0 saturated heterocycles. The molecule has 0 aliphatic carbocycles. The Bertz CT molecular complexity index is 789. The normalized spacial score (nSPS) is 11.9. The lowest BCUT2D eigenvalue weighted by Crippen LogP contribution is -3.08. The number of halogens is 2. The SMILES string of the molecule is COC(=O)c1cc(C[NH+](C)CC(=O)Nc2ccc(Cl)c(Cl)c2)oc1C. The number of quaternary nitrogens is 1. The molecule has 0 fully saturated rings. The molecule has 25 heavy (non-hydrogen) atoms. The summed E-state index contributed by atoms with van der Waals surface area (Å²) < 4.78 is 10.2. The fourth-order valence-corrected chi connectivity index (χ4v) is 2.65. The zero-order chi connectivity index (χ0) is 18.6. The van der Waals surface area contributed by atoms with E-state index in [0.717, 1.165) is 4.90 Å². The lowest BCUT2D eigenvalue weighted by Gasteiger charge is -2.12. The lowest BCUT2D eigenvalue weighted by atomic mass is 10.2. The van der Waals surface area contributed by atoms with Gasteiger partial charge in [-0.3, -0.25) is 4.79 Å². The summed E-state index contributed by atoms with van der Waals surface area (Å²) in [6.45, 7) is 2.36. The Morgan fingerprint density at radius 1 is 1.24 bits per heavy atom. The van der Waals surface area contributed by atoms with E-state index in [1.807, 2.05) is 7.05 Å². The van der Waals surface area contributed by atoms with Gasteiger partial charge in [0, 0.05) is 11.8 Å². The molecule has 1 aromatic carbocycles. The van der Waals surface area contributed by atoms with Gasteiger partial charge in [0.05, 0.1) is 24.2 Å². The highest BCUT2D eigenvalue weighted by molar-refractivity contribution is 6.42. The Balaban J connectivity index is 1.93. The van der Waals surface area contributed by atoms with E-state index in [0.29, 0.717) is 39.4 Å². The van der Waals surface area contributed by atoms with E-state index < -0.39 is 5.97 Å². The van der Waals surface area contributed by atoms with Crippen molar-refractivity contribution in [3.63, 3.8) is 0 Å². The Morgan fingerprint density at radius 2 is 1.96 bits per heavy atom. The molecule has 2 rings (SSSR count). The van der Waals surface area contributed by atoms with Crippen LogP contribution in [0.4, 0.5) is 5.69 Å². The molecular formula is C17H19Cl2N2O4+. The predicted molar refractivity (Wildman–Crippen MR) is 95.3 cm³/mol. The lowest BCUT2D eigenvalue weighted by molar-refractivity contribution is -0.886. The highest BCUT2D eigenvalue weighted by Crippen LogP contribution is 2.24. The number of hydrogen-bond acceptors (Lipinski definition) is 4. The third-order valence-electron chi connectivity index (χ3n) is 3.52. The number of aryl methyl sites for hydroxylation is 1. The zero-order valence-electron chi connectivity index (χ0n) is 14.1. The van der Waals surface area contributed by atoms with Crippen LogP contribution in [0.15, 0.2) is 28.7 Å². The molecule has 1 atom stereocenters. The van der Waals surface area contributed by atoms with Crippen molar-refractivity contribution in [1.82, 2.24) is 0 Å². The van der Waals surface area contributed by atoms with Gasteiger partial charge in [0.15, 0.2) is 12.3 Å². The predicted octanol–water partition coefficient (Wildman–Crippen LogP) is 2.33. The maximum absolute atomic E-state index is 12.1. The van der Waals surface area contributed by atoms with Gasteiger partial charge in [0.25, 0.3) is 5.91 Å². The van der Waals surface area contributed by atoms with Gasteiger partial charge in [-0.1, -0.05) is 23.2 Å². The number of nitrogens with one attached hydrogen (secondary N) is 2. The Kier molecular flexibility index (Phi) is 6.47. The van der Waals surface area contributed by atoms with Crippen molar-refractivity contribution in [2.75, 3.05) is 26.0 Å². The maximum atomic E-state index is 12.1. The van der Waals surface area contributed by atoms with Crippen LogP contribution in [0, 0.1) is 6.92 Å². The molecule has 0 spiro atoms. The summed E-state index contributed by atoms with van der Waals surface area (Å²) in [5.74, 6) is 0.488. The second-order valence-electron chi connectivity index (χ2n) is 5.66. The van der Waals surface area contributed by atoms with E-state index >= 15 is 0 Å². The van der Waals surface area contributed by atoms with Gasteiger partial charge >= 0.3 is 5.97 Å². The number of rotatable bonds is 6. The Morgan fingerprint density at radius 3 is 2.60 bits per heavy atom. The first-order valence-corrected chi connectivity index (χ1v) is 8.29. The molecule has 1 aromatic heterocycles. The van der Waals surface area contributed by atoms with Gasteiger partial charge in [-0.2, -0.15) is 0 Å². The molecule has 1 unspecified atom stereocenters. The van der Waals surface area contributed by atoms with Gasteiger partial charge in [-0.25, -0.2) is 4.79 Å². The largest absolute Gasteiger partial charge is 0.465 e. The standard InChI is InChI=1S/C17H18Cl2N2O4/c1-10-13(17(23)24-3)7-12(25-10)8-21(2)9-16(22)20-11-4-5-14(18)15(19)6-11/h4-7H,8-9H2,1-3H3,(H,20,22)/p+1. The van der Waals surface area contributed by atoms with Crippen LogP contribution < -0.4 is 10.2 Å². The van der Waals surface area contributed by atoms with Crippen LogP contribution >= 0.6 is 23.2 Å². The molecule has 0 bridgehead atoms. The van der Waals surface area contributed by atoms with Crippen molar-refractivity contribution >= 4 is 40.8 Å². The van der Waals surface area contributed by atoms with Crippen molar-refractivity contribution in [3.8, 4) is 0 Å². The Hall–Kier alpha value is -2.02. The molecule has 1 amide bonds. The van der Waals surface area contributed by atoms with Crippen molar-refractivity contribution in [3.05, 3.63) is 51.4 Å². The quantitative estimate of drug-likeness (QED) is 0.748. The summed E-state index contributed by atoms with van der Waals surface area (Å²) in [6.07, 6.45) is 0. The maximum Gasteiger partial charge on any atom is 0.341 e. The summed E-state index contributed by atoms with van der Waals surface area (Å²) in [6, 6.07) is 6.53. The van der Waals surface area contributed by atoms with E-state index in [1.54, 1.807) is 31.2 Å². The molecule has 8 heteroatoms. The van der Waals surface area contributed by atoms with Crippen LogP contribution in [0.3, 0.4) is 0 Å². The summed E-state index contributed by atoms with van der Waals surface area (Å²) in [5, 5.41) is 3.57. The van der Waals surface area contributed by atoms with Crippen molar-refractivity contribution in [2.24, 2.45) is 0 Å². The molecule has 1 heterocycles. The van der Waals surface area contributed by atoms with Crippen LogP contribution in [-0.4, -0.2) is 32.6 Å².